The van der Waals surface area contributed by atoms with Gasteiger partial charge in [-0.1, -0.05) is 18.2 Å². The number of phenols is 1. The molecule has 0 saturated heterocycles. The molecule has 0 fully saturated rings. The Morgan fingerprint density at radius 3 is 2.40 bits per heavy atom. The fourth-order valence-electron chi connectivity index (χ4n) is 2.79. The summed E-state index contributed by atoms with van der Waals surface area (Å²) in [5, 5.41) is 11.4. The minimum atomic E-state index is -0.249. The van der Waals surface area contributed by atoms with Crippen LogP contribution in [0.5, 0.6) is 5.75 Å². The number of aromatic hydroxyl groups is 1. The summed E-state index contributed by atoms with van der Waals surface area (Å²) in [4.78, 5) is 12.7. The Kier molecular flexibility index (Phi) is 3.82. The summed E-state index contributed by atoms with van der Waals surface area (Å²) in [6.45, 7) is 0. The Morgan fingerprint density at radius 1 is 0.880 bits per heavy atom. The number of hydrogen-bond donors (Lipinski definition) is 1. The van der Waals surface area contributed by atoms with Gasteiger partial charge in [-0.15, -0.1) is 0 Å². The molecule has 4 nitrogen and oxygen atoms in total. The zero-order valence-corrected chi connectivity index (χ0v) is 13.2. The second-order valence-electron chi connectivity index (χ2n) is 5.75. The molecule has 0 radical (unpaired) electrons. The van der Waals surface area contributed by atoms with Crippen LogP contribution in [0.3, 0.4) is 0 Å². The molecule has 2 aromatic carbocycles. The Bertz CT molecular complexity index is 1030. The van der Waals surface area contributed by atoms with Crippen LogP contribution in [0.25, 0.3) is 22.3 Å². The zero-order valence-electron chi connectivity index (χ0n) is 13.2. The van der Waals surface area contributed by atoms with Crippen LogP contribution in [-0.4, -0.2) is 20.1 Å². The first-order chi connectivity index (χ1) is 12.2. The normalized spacial score (nSPS) is 10.9. The van der Waals surface area contributed by atoms with Crippen LogP contribution in [-0.2, 0) is 6.42 Å². The summed E-state index contributed by atoms with van der Waals surface area (Å²) < 4.78 is 13.0. The molecule has 4 rings (SSSR count). The van der Waals surface area contributed by atoms with Crippen LogP contribution in [0.4, 0.5) is 4.39 Å². The van der Waals surface area contributed by atoms with Gasteiger partial charge in [0.1, 0.15) is 11.3 Å². The van der Waals surface area contributed by atoms with Crippen molar-refractivity contribution in [2.24, 2.45) is 0 Å². The SMILES string of the molecule is Oc1c(-c2ncccn2)ccc2cc(Cc3ccc(F)cc3)cnc12. The van der Waals surface area contributed by atoms with E-state index in [-0.39, 0.29) is 11.6 Å². The molecule has 4 aromatic rings. The van der Waals surface area contributed by atoms with Crippen molar-refractivity contribution in [3.8, 4) is 17.1 Å². The number of phenolic OH excluding ortho intramolecular Hbond substituents is 1. The Hall–Kier alpha value is -3.34. The standard InChI is InChI=1S/C20H14FN3O/c21-16-5-2-13(3-6-16)10-14-11-15-4-7-17(19(25)18(15)24-12-14)20-22-8-1-9-23-20/h1-9,11-12,25H,10H2. The molecule has 0 aliphatic carbocycles. The molecule has 0 saturated carbocycles. The Balaban J connectivity index is 1.71. The van der Waals surface area contributed by atoms with Crippen LogP contribution < -0.4 is 0 Å². The third-order valence-electron chi connectivity index (χ3n) is 4.01. The molecule has 1 N–H and O–H groups in total. The minimum absolute atomic E-state index is 0.0667. The molecule has 2 heterocycles. The Labute approximate surface area is 143 Å². The number of hydrogen-bond acceptors (Lipinski definition) is 4. The lowest BCUT2D eigenvalue weighted by molar-refractivity contribution is 0.482. The quantitative estimate of drug-likeness (QED) is 0.613. The molecule has 0 unspecified atom stereocenters. The van der Waals surface area contributed by atoms with E-state index in [2.05, 4.69) is 15.0 Å². The third kappa shape index (κ3) is 3.04. The zero-order chi connectivity index (χ0) is 17.2. The van der Waals surface area contributed by atoms with Gasteiger partial charge in [-0.25, -0.2) is 14.4 Å². The smallest absolute Gasteiger partial charge is 0.162 e. The van der Waals surface area contributed by atoms with Crippen LogP contribution in [0, 0.1) is 5.82 Å². The maximum absolute atomic E-state index is 13.0. The molecular weight excluding hydrogens is 317 g/mol. The van der Waals surface area contributed by atoms with Gasteiger partial charge in [-0.2, -0.15) is 0 Å². The summed E-state index contributed by atoms with van der Waals surface area (Å²) >= 11 is 0. The number of pyridine rings is 1. The highest BCUT2D eigenvalue weighted by Gasteiger charge is 2.12. The highest BCUT2D eigenvalue weighted by Crippen LogP contribution is 2.33. The van der Waals surface area contributed by atoms with E-state index >= 15 is 0 Å². The average Bonchev–Trinajstić information content (AvgIpc) is 2.65. The first-order valence-corrected chi connectivity index (χ1v) is 7.83. The second kappa shape index (κ2) is 6.28. The fraction of sp³-hybridized carbons (Fsp3) is 0.0500. The first-order valence-electron chi connectivity index (χ1n) is 7.83. The van der Waals surface area contributed by atoms with Crippen molar-refractivity contribution in [1.29, 1.82) is 0 Å². The average molecular weight is 331 g/mol. The molecular formula is C20H14FN3O. The van der Waals surface area contributed by atoms with Crippen molar-refractivity contribution in [2.75, 3.05) is 0 Å². The van der Waals surface area contributed by atoms with Gasteiger partial charge in [0.25, 0.3) is 0 Å². The number of fused-ring (bicyclic) bond motifs is 1. The van der Waals surface area contributed by atoms with Crippen molar-refractivity contribution >= 4 is 10.9 Å². The molecule has 0 atom stereocenters. The lowest BCUT2D eigenvalue weighted by atomic mass is 10.0. The van der Waals surface area contributed by atoms with Gasteiger partial charge in [-0.05, 0) is 47.9 Å². The summed E-state index contributed by atoms with van der Waals surface area (Å²) in [6, 6.07) is 13.8. The van der Waals surface area contributed by atoms with Crippen LogP contribution in [0.15, 0.2) is 67.1 Å². The van der Waals surface area contributed by atoms with E-state index in [1.807, 2.05) is 12.1 Å². The molecule has 0 bridgehead atoms. The van der Waals surface area contributed by atoms with Crippen molar-refractivity contribution in [3.05, 3.63) is 84.1 Å². The van der Waals surface area contributed by atoms with Gasteiger partial charge < -0.3 is 5.11 Å². The highest BCUT2D eigenvalue weighted by molar-refractivity contribution is 5.91. The predicted molar refractivity (Wildman–Crippen MR) is 93.6 cm³/mol. The second-order valence-corrected chi connectivity index (χ2v) is 5.75. The van der Waals surface area contributed by atoms with Crippen molar-refractivity contribution in [2.45, 2.75) is 6.42 Å². The fourth-order valence-corrected chi connectivity index (χ4v) is 2.79. The Morgan fingerprint density at radius 2 is 1.64 bits per heavy atom. The van der Waals surface area contributed by atoms with E-state index in [1.165, 1.54) is 12.1 Å². The molecule has 0 aliphatic heterocycles. The summed E-state index contributed by atoms with van der Waals surface area (Å²) in [5.74, 6) is 0.275. The number of halogens is 1. The van der Waals surface area contributed by atoms with E-state index in [0.29, 0.717) is 23.3 Å². The monoisotopic (exact) mass is 331 g/mol. The number of aromatic nitrogens is 3. The summed E-state index contributed by atoms with van der Waals surface area (Å²) in [6.07, 6.45) is 5.63. The molecule has 122 valence electrons. The minimum Gasteiger partial charge on any atom is -0.505 e. The number of nitrogens with zero attached hydrogens (tertiary/aromatic N) is 3. The van der Waals surface area contributed by atoms with Gasteiger partial charge >= 0.3 is 0 Å². The molecule has 0 aliphatic rings. The third-order valence-corrected chi connectivity index (χ3v) is 4.01. The van der Waals surface area contributed by atoms with Gasteiger partial charge in [0.15, 0.2) is 11.6 Å². The lowest BCUT2D eigenvalue weighted by Crippen LogP contribution is -1.93. The van der Waals surface area contributed by atoms with Gasteiger partial charge in [-0.3, -0.25) is 4.98 Å². The summed E-state index contributed by atoms with van der Waals surface area (Å²) in [5.41, 5.74) is 3.04. The van der Waals surface area contributed by atoms with Gasteiger partial charge in [0.05, 0.1) is 5.56 Å². The predicted octanol–water partition coefficient (Wildman–Crippen LogP) is 4.13. The maximum atomic E-state index is 13.0. The molecule has 0 spiro atoms. The van der Waals surface area contributed by atoms with Crippen molar-refractivity contribution in [1.82, 2.24) is 15.0 Å². The van der Waals surface area contributed by atoms with Crippen LogP contribution in [0.1, 0.15) is 11.1 Å². The molecule has 5 heteroatoms. The van der Waals surface area contributed by atoms with Crippen LogP contribution >= 0.6 is 0 Å². The maximum Gasteiger partial charge on any atom is 0.162 e. The van der Waals surface area contributed by atoms with E-state index in [1.54, 1.807) is 42.9 Å². The number of benzene rings is 2. The largest absolute Gasteiger partial charge is 0.505 e. The van der Waals surface area contributed by atoms with Gasteiger partial charge in [0, 0.05) is 24.0 Å². The summed E-state index contributed by atoms with van der Waals surface area (Å²) in [7, 11) is 0. The van der Waals surface area contributed by atoms with E-state index < -0.39 is 0 Å². The van der Waals surface area contributed by atoms with Crippen molar-refractivity contribution < 1.29 is 9.50 Å². The molecule has 0 amide bonds. The van der Waals surface area contributed by atoms with Crippen molar-refractivity contribution in [3.63, 3.8) is 0 Å². The highest BCUT2D eigenvalue weighted by atomic mass is 19.1. The number of rotatable bonds is 3. The van der Waals surface area contributed by atoms with E-state index in [0.717, 1.165) is 16.5 Å². The van der Waals surface area contributed by atoms with E-state index in [9.17, 15) is 9.50 Å². The lowest BCUT2D eigenvalue weighted by Gasteiger charge is -2.08. The molecule has 2 aromatic heterocycles. The van der Waals surface area contributed by atoms with Crippen LogP contribution in [0.2, 0.25) is 0 Å². The van der Waals surface area contributed by atoms with E-state index in [4.69, 9.17) is 0 Å². The topological polar surface area (TPSA) is 58.9 Å². The van der Waals surface area contributed by atoms with Gasteiger partial charge in [0.2, 0.25) is 0 Å². The molecule has 25 heavy (non-hydrogen) atoms. The first kappa shape index (κ1) is 15.2.